The topological polar surface area (TPSA) is 86.2 Å². The van der Waals surface area contributed by atoms with Gasteiger partial charge in [-0.05, 0) is 0 Å². The fraction of sp³-hybridized carbons (Fsp3) is 0. The lowest BCUT2D eigenvalue weighted by atomic mass is 11.3. The van der Waals surface area contributed by atoms with Gasteiger partial charge in [-0.15, -0.1) is 0 Å². The zero-order chi connectivity index (χ0) is 5.15. The fourth-order valence-electron chi connectivity index (χ4n) is 0. The van der Waals surface area contributed by atoms with Crippen LogP contribution in [0.2, 0.25) is 0 Å². The smallest absolute Gasteiger partial charge is 0.243 e. The molecular weight excluding hydrogens is 104 g/mol. The minimum atomic E-state index is -2.40. The molecule has 0 aromatic carbocycles. The first-order chi connectivity index (χ1) is 2.64. The van der Waals surface area contributed by atoms with Crippen LogP contribution in [0.1, 0.15) is 0 Å². The average molecular weight is 108 g/mol. The number of nitrogens with two attached hydrogens (primary N) is 2. The van der Waals surface area contributed by atoms with Crippen LogP contribution in [0.25, 0.3) is 0 Å². The van der Waals surface area contributed by atoms with Crippen molar-refractivity contribution in [1.29, 1.82) is 0 Å². The highest BCUT2D eigenvalue weighted by Crippen LogP contribution is 1.31. The highest BCUT2D eigenvalue weighted by molar-refractivity contribution is 7.72. The zero-order valence-electron chi connectivity index (χ0n) is 2.88. The molecule has 0 saturated heterocycles. The van der Waals surface area contributed by atoms with E-state index in [1.54, 1.807) is 0 Å². The summed E-state index contributed by atoms with van der Waals surface area (Å²) in [6, 6.07) is 0. The van der Waals surface area contributed by atoms with Gasteiger partial charge in [0.2, 0.25) is 10.3 Å². The summed E-state index contributed by atoms with van der Waals surface area (Å²) >= 11 is 0. The quantitative estimate of drug-likeness (QED) is 0.347. The summed E-state index contributed by atoms with van der Waals surface area (Å²) in [5, 5.41) is -0.574. The maximum absolute atomic E-state index is 9.41. The molecule has 0 unspecified atom stereocenters. The Bertz CT molecular complexity index is 142. The average Bonchev–Trinajstić information content (AvgIpc) is 1.36. The second kappa shape index (κ2) is 1.91. The molecule has 0 aliphatic rings. The highest BCUT2D eigenvalue weighted by atomic mass is 32.2. The third-order valence-corrected chi connectivity index (χ3v) is 0.577. The number of rotatable bonds is 0. The molecule has 0 aliphatic heterocycles. The third-order valence-electron chi connectivity index (χ3n) is 0.192. The molecule has 0 bridgehead atoms. The van der Waals surface area contributed by atoms with Crippen LogP contribution < -0.4 is 11.5 Å². The summed E-state index contributed by atoms with van der Waals surface area (Å²) in [6.07, 6.45) is 0. The van der Waals surface area contributed by atoms with E-state index in [9.17, 15) is 8.42 Å². The van der Waals surface area contributed by atoms with E-state index < -0.39 is 15.4 Å². The molecule has 0 heterocycles. The molecule has 4 nitrogen and oxygen atoms in total. The first-order valence-corrected chi connectivity index (χ1v) is 2.19. The second-order valence-electron chi connectivity index (χ2n) is 0.637. The first kappa shape index (κ1) is 5.61. The molecule has 36 valence electrons. The molecule has 0 radical (unpaired) electrons. The van der Waals surface area contributed by atoms with E-state index in [4.69, 9.17) is 0 Å². The van der Waals surface area contributed by atoms with Gasteiger partial charge in [0.25, 0.3) is 0 Å². The molecule has 0 atom stereocenters. The second-order valence-corrected chi connectivity index (χ2v) is 1.58. The van der Waals surface area contributed by atoms with Crippen LogP contribution in [-0.4, -0.2) is 13.5 Å². The van der Waals surface area contributed by atoms with Gasteiger partial charge < -0.3 is 0 Å². The van der Waals surface area contributed by atoms with Gasteiger partial charge in [0.05, 0.1) is 0 Å². The van der Waals surface area contributed by atoms with Gasteiger partial charge >= 0.3 is 0 Å². The van der Waals surface area contributed by atoms with Crippen LogP contribution in [0.3, 0.4) is 0 Å². The third kappa shape index (κ3) is 1.89. The van der Waals surface area contributed by atoms with Crippen molar-refractivity contribution >= 4 is 15.4 Å². The summed E-state index contributed by atoms with van der Waals surface area (Å²) in [6.45, 7) is 0. The summed E-state index contributed by atoms with van der Waals surface area (Å²) in [7, 11) is -2.40. The van der Waals surface area contributed by atoms with E-state index >= 15 is 0 Å². The summed E-state index contributed by atoms with van der Waals surface area (Å²) < 4.78 is 18.8. The summed E-state index contributed by atoms with van der Waals surface area (Å²) in [5.74, 6) is 0. The Morgan fingerprint density at radius 3 is 1.50 bits per heavy atom. The molecule has 0 amide bonds. The van der Waals surface area contributed by atoms with Crippen molar-refractivity contribution in [2.24, 2.45) is 11.5 Å². The van der Waals surface area contributed by atoms with Crippen molar-refractivity contribution in [1.82, 2.24) is 0 Å². The Kier molecular flexibility index (Phi) is 1.78. The summed E-state index contributed by atoms with van der Waals surface area (Å²) in [5.41, 5.74) is 9.03. The summed E-state index contributed by atoms with van der Waals surface area (Å²) in [4.78, 5) is 0. The van der Waals surface area contributed by atoms with Gasteiger partial charge in [0.15, 0.2) is 5.11 Å². The maximum Gasteiger partial charge on any atom is 0.243 e. The molecule has 0 rings (SSSR count). The largest absolute Gasteiger partial charge is 0.280 e. The Morgan fingerprint density at radius 1 is 1.33 bits per heavy atom. The minimum Gasteiger partial charge on any atom is -0.280 e. The van der Waals surface area contributed by atoms with Gasteiger partial charge in [-0.25, -0.2) is 0 Å². The number of hydrogen-bond acceptors (Lipinski definition) is 2. The van der Waals surface area contributed by atoms with E-state index in [2.05, 4.69) is 11.5 Å². The molecular formula is CH4N2O2S. The van der Waals surface area contributed by atoms with E-state index in [0.29, 0.717) is 0 Å². The van der Waals surface area contributed by atoms with Crippen LogP contribution in [-0.2, 0) is 10.3 Å². The monoisotopic (exact) mass is 108 g/mol. The molecule has 4 N–H and O–H groups in total. The predicted octanol–water partition coefficient (Wildman–Crippen LogP) is -2.13. The predicted molar refractivity (Wildman–Crippen MR) is 22.3 cm³/mol. The number of hydrogen-bond donors (Lipinski definition) is 2. The minimum absolute atomic E-state index is 0.574. The Balaban J connectivity index is 4.58. The van der Waals surface area contributed by atoms with Gasteiger partial charge in [-0.1, -0.05) is 0 Å². The van der Waals surface area contributed by atoms with E-state index in [-0.39, 0.29) is 0 Å². The standard InChI is InChI=1S/CH4N2O2S/c2-1(3)6(4)5/h2-3H2. The normalized spacial score (nSPS) is 7.67. The first-order valence-electron chi connectivity index (χ1n) is 1.11. The molecule has 0 spiro atoms. The van der Waals surface area contributed by atoms with Gasteiger partial charge in [0, 0.05) is 0 Å². The molecule has 0 saturated carbocycles. The van der Waals surface area contributed by atoms with Crippen molar-refractivity contribution in [2.75, 3.05) is 0 Å². The lowest BCUT2D eigenvalue weighted by Gasteiger charge is -1.67. The maximum atomic E-state index is 9.41. The van der Waals surface area contributed by atoms with Crippen LogP contribution in [0, 0.1) is 0 Å². The van der Waals surface area contributed by atoms with Crippen LogP contribution >= 0.6 is 0 Å². The molecule has 0 aliphatic carbocycles. The Labute approximate surface area is 36.3 Å². The molecule has 0 aromatic rings. The van der Waals surface area contributed by atoms with Crippen LogP contribution in [0.15, 0.2) is 0 Å². The van der Waals surface area contributed by atoms with E-state index in [0.717, 1.165) is 0 Å². The molecule has 5 heteroatoms. The Hall–Kier alpha value is -0.390. The van der Waals surface area contributed by atoms with Crippen LogP contribution in [0.4, 0.5) is 0 Å². The fourth-order valence-corrected chi connectivity index (χ4v) is 0. The van der Waals surface area contributed by atoms with Gasteiger partial charge in [-0.3, -0.25) is 11.5 Å². The molecule has 6 heavy (non-hydrogen) atoms. The van der Waals surface area contributed by atoms with E-state index in [1.165, 1.54) is 0 Å². The highest BCUT2D eigenvalue weighted by Gasteiger charge is 1.71. The molecule has 0 aromatic heterocycles. The van der Waals surface area contributed by atoms with Gasteiger partial charge in [0.1, 0.15) is 0 Å². The molecule has 0 fully saturated rings. The van der Waals surface area contributed by atoms with Crippen molar-refractivity contribution < 1.29 is 8.42 Å². The van der Waals surface area contributed by atoms with Crippen LogP contribution in [0.5, 0.6) is 0 Å². The Morgan fingerprint density at radius 2 is 1.50 bits per heavy atom. The van der Waals surface area contributed by atoms with Crippen molar-refractivity contribution in [3.8, 4) is 0 Å². The van der Waals surface area contributed by atoms with Crippen molar-refractivity contribution in [3.63, 3.8) is 0 Å². The van der Waals surface area contributed by atoms with E-state index in [1.807, 2.05) is 0 Å². The lowest BCUT2D eigenvalue weighted by molar-refractivity contribution is 0.626. The van der Waals surface area contributed by atoms with Gasteiger partial charge in [-0.2, -0.15) is 8.42 Å². The lowest BCUT2D eigenvalue weighted by Crippen LogP contribution is -2.23. The zero-order valence-corrected chi connectivity index (χ0v) is 3.70. The van der Waals surface area contributed by atoms with Crippen molar-refractivity contribution in [2.45, 2.75) is 0 Å². The SMILES string of the molecule is NC(N)=S(=O)=O. The van der Waals surface area contributed by atoms with Crippen molar-refractivity contribution in [3.05, 3.63) is 0 Å².